The molecule has 0 aromatic heterocycles. The van der Waals surface area contributed by atoms with E-state index in [-0.39, 0.29) is 6.61 Å². The lowest BCUT2D eigenvalue weighted by Crippen LogP contribution is -2.17. The lowest BCUT2D eigenvalue weighted by Gasteiger charge is -2.24. The lowest BCUT2D eigenvalue weighted by atomic mass is 9.88. The maximum absolute atomic E-state index is 8.74. The summed E-state index contributed by atoms with van der Waals surface area (Å²) >= 11 is 0. The van der Waals surface area contributed by atoms with Crippen LogP contribution in [0.2, 0.25) is 0 Å². The third-order valence-electron chi connectivity index (χ3n) is 2.34. The van der Waals surface area contributed by atoms with E-state index in [0.29, 0.717) is 6.10 Å². The third kappa shape index (κ3) is 2.19. The first-order chi connectivity index (χ1) is 5.77. The third-order valence-corrected chi connectivity index (χ3v) is 2.34. The molecule has 0 radical (unpaired) electrons. The summed E-state index contributed by atoms with van der Waals surface area (Å²) in [5.41, 5.74) is 2.31. The summed E-state index contributed by atoms with van der Waals surface area (Å²) in [4.78, 5) is 0. The second kappa shape index (κ2) is 4.43. The molecular weight excluding hydrogens is 152 g/mol. The van der Waals surface area contributed by atoms with Gasteiger partial charge in [-0.3, -0.25) is 0 Å². The van der Waals surface area contributed by atoms with E-state index in [2.05, 4.69) is 6.58 Å². The molecular formula is C10H16O2. The zero-order chi connectivity index (χ0) is 8.97. The first-order valence-corrected chi connectivity index (χ1v) is 4.28. The molecule has 0 aromatic carbocycles. The van der Waals surface area contributed by atoms with Crippen molar-refractivity contribution < 1.29 is 9.84 Å². The minimum absolute atomic E-state index is 0.102. The Bertz CT molecular complexity index is 194. The van der Waals surface area contributed by atoms with Crippen molar-refractivity contribution in [2.75, 3.05) is 13.7 Å². The van der Waals surface area contributed by atoms with E-state index in [0.717, 1.165) is 30.4 Å². The van der Waals surface area contributed by atoms with Crippen LogP contribution in [0.1, 0.15) is 19.3 Å². The fraction of sp³-hybridized carbons (Fsp3) is 0.600. The highest BCUT2D eigenvalue weighted by molar-refractivity contribution is 5.31. The van der Waals surface area contributed by atoms with Gasteiger partial charge in [-0.25, -0.2) is 0 Å². The molecule has 68 valence electrons. The molecule has 1 aliphatic carbocycles. The highest BCUT2D eigenvalue weighted by atomic mass is 16.5. The van der Waals surface area contributed by atoms with Crippen LogP contribution in [-0.4, -0.2) is 24.9 Å². The minimum Gasteiger partial charge on any atom is -0.392 e. The topological polar surface area (TPSA) is 29.5 Å². The summed E-state index contributed by atoms with van der Waals surface area (Å²) in [7, 11) is 1.73. The lowest BCUT2D eigenvalue weighted by molar-refractivity contribution is 0.0907. The predicted molar refractivity (Wildman–Crippen MR) is 49.0 cm³/mol. The Kier molecular flexibility index (Phi) is 3.50. The van der Waals surface area contributed by atoms with Crippen LogP contribution in [0.4, 0.5) is 0 Å². The average molecular weight is 168 g/mol. The molecule has 0 spiro atoms. The summed E-state index contributed by atoms with van der Waals surface area (Å²) in [5.74, 6) is 0. The van der Waals surface area contributed by atoms with E-state index < -0.39 is 0 Å². The maximum Gasteiger partial charge on any atom is 0.0618 e. The molecule has 0 aliphatic heterocycles. The Morgan fingerprint density at radius 1 is 1.75 bits per heavy atom. The summed E-state index contributed by atoms with van der Waals surface area (Å²) in [5, 5.41) is 8.74. The van der Waals surface area contributed by atoms with Gasteiger partial charge in [0, 0.05) is 7.11 Å². The molecule has 1 aliphatic rings. The largest absolute Gasteiger partial charge is 0.392 e. The first-order valence-electron chi connectivity index (χ1n) is 4.28. The van der Waals surface area contributed by atoms with Gasteiger partial charge in [0.15, 0.2) is 0 Å². The molecule has 0 aromatic rings. The maximum atomic E-state index is 8.74. The normalized spacial score (nSPS) is 28.0. The minimum atomic E-state index is 0.102. The molecule has 1 saturated carbocycles. The van der Waals surface area contributed by atoms with Crippen LogP contribution < -0.4 is 0 Å². The van der Waals surface area contributed by atoms with E-state index in [1.54, 1.807) is 7.11 Å². The molecule has 1 unspecified atom stereocenters. The van der Waals surface area contributed by atoms with Gasteiger partial charge in [0.1, 0.15) is 0 Å². The Hall–Kier alpha value is -0.600. The van der Waals surface area contributed by atoms with E-state index in [1.165, 1.54) is 0 Å². The average Bonchev–Trinajstić information content (AvgIpc) is 2.09. The zero-order valence-electron chi connectivity index (χ0n) is 7.55. The molecule has 2 heteroatoms. The van der Waals surface area contributed by atoms with Crippen molar-refractivity contribution in [1.82, 2.24) is 0 Å². The van der Waals surface area contributed by atoms with Gasteiger partial charge in [-0.05, 0) is 24.8 Å². The Morgan fingerprint density at radius 3 is 3.08 bits per heavy atom. The van der Waals surface area contributed by atoms with E-state index >= 15 is 0 Å². The van der Waals surface area contributed by atoms with E-state index in [4.69, 9.17) is 9.84 Å². The predicted octanol–water partition coefficient (Wildman–Crippen LogP) is 1.66. The van der Waals surface area contributed by atoms with Gasteiger partial charge in [-0.15, -0.1) is 0 Å². The summed E-state index contributed by atoms with van der Waals surface area (Å²) < 4.78 is 5.25. The highest BCUT2D eigenvalue weighted by Crippen LogP contribution is 2.28. The van der Waals surface area contributed by atoms with E-state index in [1.807, 2.05) is 6.08 Å². The van der Waals surface area contributed by atoms with Crippen molar-refractivity contribution in [2.45, 2.75) is 25.4 Å². The number of methoxy groups -OCH3 is 1. The number of ether oxygens (including phenoxy) is 1. The van der Waals surface area contributed by atoms with Crippen LogP contribution >= 0.6 is 0 Å². The SMILES string of the molecule is C=C1CCC(OC)C/C1=C/CO. The van der Waals surface area contributed by atoms with Crippen molar-refractivity contribution in [3.05, 3.63) is 23.8 Å². The molecule has 0 heterocycles. The number of rotatable bonds is 2. The number of aliphatic hydroxyl groups excluding tert-OH is 1. The standard InChI is InChI=1S/C10H16O2/c1-8-3-4-10(12-2)7-9(8)5-6-11/h5,10-11H,1,3-4,6-7H2,2H3/b9-5-. The summed E-state index contributed by atoms with van der Waals surface area (Å²) in [6.07, 6.45) is 5.08. The van der Waals surface area contributed by atoms with Gasteiger partial charge in [-0.2, -0.15) is 0 Å². The molecule has 2 nitrogen and oxygen atoms in total. The molecule has 1 N–H and O–H groups in total. The highest BCUT2D eigenvalue weighted by Gasteiger charge is 2.18. The molecule has 1 fully saturated rings. The smallest absolute Gasteiger partial charge is 0.0618 e. The van der Waals surface area contributed by atoms with Gasteiger partial charge in [0.05, 0.1) is 12.7 Å². The van der Waals surface area contributed by atoms with Crippen LogP contribution in [0.25, 0.3) is 0 Å². The van der Waals surface area contributed by atoms with E-state index in [9.17, 15) is 0 Å². The van der Waals surface area contributed by atoms with Crippen molar-refractivity contribution in [1.29, 1.82) is 0 Å². The van der Waals surface area contributed by atoms with Crippen LogP contribution in [0.5, 0.6) is 0 Å². The van der Waals surface area contributed by atoms with Crippen LogP contribution in [0.3, 0.4) is 0 Å². The van der Waals surface area contributed by atoms with Crippen molar-refractivity contribution in [3.63, 3.8) is 0 Å². The Labute approximate surface area is 73.5 Å². The molecule has 1 rings (SSSR count). The van der Waals surface area contributed by atoms with Gasteiger partial charge in [0.25, 0.3) is 0 Å². The molecule has 1 atom stereocenters. The van der Waals surface area contributed by atoms with Crippen molar-refractivity contribution in [3.8, 4) is 0 Å². The quantitative estimate of drug-likeness (QED) is 0.679. The Balaban J connectivity index is 2.59. The van der Waals surface area contributed by atoms with Gasteiger partial charge < -0.3 is 9.84 Å². The van der Waals surface area contributed by atoms with Crippen LogP contribution in [0, 0.1) is 0 Å². The number of hydrogen-bond acceptors (Lipinski definition) is 2. The monoisotopic (exact) mass is 168 g/mol. The van der Waals surface area contributed by atoms with Gasteiger partial charge in [0.2, 0.25) is 0 Å². The fourth-order valence-corrected chi connectivity index (χ4v) is 1.53. The molecule has 12 heavy (non-hydrogen) atoms. The second-order valence-corrected chi connectivity index (χ2v) is 3.12. The fourth-order valence-electron chi connectivity index (χ4n) is 1.53. The van der Waals surface area contributed by atoms with Gasteiger partial charge >= 0.3 is 0 Å². The first kappa shape index (κ1) is 9.49. The van der Waals surface area contributed by atoms with Gasteiger partial charge in [-0.1, -0.05) is 18.2 Å². The molecule has 0 amide bonds. The van der Waals surface area contributed by atoms with Crippen molar-refractivity contribution in [2.24, 2.45) is 0 Å². The Morgan fingerprint density at radius 2 is 2.50 bits per heavy atom. The number of aliphatic hydroxyl groups is 1. The van der Waals surface area contributed by atoms with Crippen molar-refractivity contribution >= 4 is 0 Å². The number of hydrogen-bond donors (Lipinski definition) is 1. The molecule has 0 saturated heterocycles. The summed E-state index contributed by atoms with van der Waals surface area (Å²) in [6, 6.07) is 0. The number of allylic oxidation sites excluding steroid dienone is 1. The van der Waals surface area contributed by atoms with Crippen LogP contribution in [0.15, 0.2) is 23.8 Å². The molecule has 0 bridgehead atoms. The second-order valence-electron chi connectivity index (χ2n) is 3.12. The van der Waals surface area contributed by atoms with Crippen LogP contribution in [-0.2, 0) is 4.74 Å². The zero-order valence-corrected chi connectivity index (χ0v) is 7.55. The summed E-state index contributed by atoms with van der Waals surface area (Å²) in [6.45, 7) is 4.05.